The Hall–Kier alpha value is -1.81. The van der Waals surface area contributed by atoms with Crippen LogP contribution in [0.2, 0.25) is 0 Å². The Morgan fingerprint density at radius 3 is 2.55 bits per heavy atom. The van der Waals surface area contributed by atoms with E-state index < -0.39 is 0 Å². The van der Waals surface area contributed by atoms with E-state index in [9.17, 15) is 4.79 Å². The van der Waals surface area contributed by atoms with Gasteiger partial charge in [0.1, 0.15) is 5.75 Å². The number of carbonyl (C=O) groups is 1. The van der Waals surface area contributed by atoms with Crippen molar-refractivity contribution in [1.82, 2.24) is 5.32 Å². The Labute approximate surface area is 139 Å². The molecule has 0 aliphatic heterocycles. The maximum Gasteiger partial charge on any atom is 0.251 e. The molecule has 0 unspecified atom stereocenters. The van der Waals surface area contributed by atoms with Crippen molar-refractivity contribution >= 4 is 21.8 Å². The molecule has 0 aliphatic rings. The number of rotatable bonds is 6. The zero-order chi connectivity index (χ0) is 15.9. The second-order valence-corrected chi connectivity index (χ2v) is 6.37. The molecule has 1 amide bonds. The molecule has 0 aromatic heterocycles. The molecule has 0 bridgehead atoms. The average Bonchev–Trinajstić information content (AvgIpc) is 2.52. The summed E-state index contributed by atoms with van der Waals surface area (Å²) in [5, 5.41) is 2.91. The highest BCUT2D eigenvalue weighted by Crippen LogP contribution is 2.26. The van der Waals surface area contributed by atoms with Gasteiger partial charge >= 0.3 is 0 Å². The lowest BCUT2D eigenvalue weighted by Crippen LogP contribution is -2.22. The van der Waals surface area contributed by atoms with Gasteiger partial charge in [-0.25, -0.2) is 0 Å². The van der Waals surface area contributed by atoms with Gasteiger partial charge in [0.15, 0.2) is 0 Å². The van der Waals surface area contributed by atoms with E-state index in [2.05, 4.69) is 35.1 Å². The van der Waals surface area contributed by atoms with Crippen molar-refractivity contribution < 1.29 is 9.53 Å². The van der Waals surface area contributed by atoms with E-state index in [4.69, 9.17) is 4.74 Å². The summed E-state index contributed by atoms with van der Waals surface area (Å²) in [7, 11) is 0. The molecule has 0 heterocycles. The third-order valence-corrected chi connectivity index (χ3v) is 3.68. The molecule has 0 spiro atoms. The molecule has 2 aromatic rings. The highest BCUT2D eigenvalue weighted by atomic mass is 79.9. The zero-order valence-electron chi connectivity index (χ0n) is 12.8. The lowest BCUT2D eigenvalue weighted by atomic mass is 10.2. The average molecular weight is 362 g/mol. The molecule has 2 rings (SSSR count). The highest BCUT2D eigenvalue weighted by molar-refractivity contribution is 9.10. The van der Waals surface area contributed by atoms with Gasteiger partial charge in [-0.3, -0.25) is 4.79 Å². The minimum absolute atomic E-state index is 0.0973. The third-order valence-electron chi connectivity index (χ3n) is 3.06. The number of carbonyl (C=O) groups excluding carboxylic acids is 1. The van der Waals surface area contributed by atoms with Gasteiger partial charge in [0.05, 0.1) is 11.1 Å². The molecule has 116 valence electrons. The molecule has 0 saturated carbocycles. The van der Waals surface area contributed by atoms with E-state index in [0.29, 0.717) is 24.6 Å². The molecule has 4 heteroatoms. The molecule has 0 aliphatic carbocycles. The van der Waals surface area contributed by atoms with Crippen LogP contribution in [0.15, 0.2) is 53.0 Å². The Balaban J connectivity index is 1.97. The summed E-state index contributed by atoms with van der Waals surface area (Å²) in [6, 6.07) is 15.2. The van der Waals surface area contributed by atoms with Gasteiger partial charge in [-0.1, -0.05) is 44.2 Å². The smallest absolute Gasteiger partial charge is 0.251 e. The number of amides is 1. The van der Waals surface area contributed by atoms with E-state index in [1.54, 1.807) is 12.1 Å². The minimum atomic E-state index is -0.0973. The predicted octanol–water partition coefficient (Wildman–Crippen LogP) is 4.41. The molecule has 22 heavy (non-hydrogen) atoms. The van der Waals surface area contributed by atoms with Gasteiger partial charge in [-0.2, -0.15) is 0 Å². The van der Waals surface area contributed by atoms with Gasteiger partial charge in [0, 0.05) is 12.1 Å². The van der Waals surface area contributed by atoms with Crippen LogP contribution in [-0.4, -0.2) is 12.5 Å². The van der Waals surface area contributed by atoms with Crippen molar-refractivity contribution in [2.75, 3.05) is 6.61 Å². The Kier molecular flexibility index (Phi) is 6.01. The molecule has 2 aromatic carbocycles. The molecule has 0 fully saturated rings. The van der Waals surface area contributed by atoms with E-state index in [1.807, 2.05) is 36.4 Å². The first kappa shape index (κ1) is 16.6. The summed E-state index contributed by atoms with van der Waals surface area (Å²) in [6.45, 7) is 5.36. The number of hydrogen-bond acceptors (Lipinski definition) is 2. The van der Waals surface area contributed by atoms with Crippen molar-refractivity contribution in [2.45, 2.75) is 20.4 Å². The Morgan fingerprint density at radius 2 is 1.91 bits per heavy atom. The number of hydrogen-bond donors (Lipinski definition) is 1. The molecular weight excluding hydrogens is 342 g/mol. The van der Waals surface area contributed by atoms with Gasteiger partial charge < -0.3 is 10.1 Å². The highest BCUT2D eigenvalue weighted by Gasteiger charge is 2.09. The summed E-state index contributed by atoms with van der Waals surface area (Å²) < 4.78 is 6.48. The second kappa shape index (κ2) is 7.99. The number of halogens is 1. The number of nitrogens with one attached hydrogen (secondary N) is 1. The summed E-state index contributed by atoms with van der Waals surface area (Å²) in [5.41, 5.74) is 1.69. The lowest BCUT2D eigenvalue weighted by Gasteiger charge is -2.11. The van der Waals surface area contributed by atoms with Crippen LogP contribution in [0.5, 0.6) is 5.75 Å². The largest absolute Gasteiger partial charge is 0.492 e. The minimum Gasteiger partial charge on any atom is -0.492 e. The van der Waals surface area contributed by atoms with Crippen LogP contribution in [-0.2, 0) is 6.54 Å². The Bertz CT molecular complexity index is 626. The van der Waals surface area contributed by atoms with Crippen LogP contribution in [0.25, 0.3) is 0 Å². The summed E-state index contributed by atoms with van der Waals surface area (Å²) in [6.07, 6.45) is 0. The summed E-state index contributed by atoms with van der Waals surface area (Å²) in [5.74, 6) is 1.12. The van der Waals surface area contributed by atoms with Crippen molar-refractivity contribution in [1.29, 1.82) is 0 Å². The molecule has 0 atom stereocenters. The number of benzene rings is 2. The van der Waals surface area contributed by atoms with Gasteiger partial charge in [0.25, 0.3) is 5.91 Å². The maximum atomic E-state index is 12.2. The van der Waals surface area contributed by atoms with Crippen LogP contribution in [0.4, 0.5) is 0 Å². The van der Waals surface area contributed by atoms with Gasteiger partial charge in [0.2, 0.25) is 0 Å². The first-order chi connectivity index (χ1) is 10.6. The van der Waals surface area contributed by atoms with Crippen LogP contribution in [0.3, 0.4) is 0 Å². The SMILES string of the molecule is CC(C)COc1ccc(C(=O)NCc2ccccc2)cc1Br. The summed E-state index contributed by atoms with van der Waals surface area (Å²) in [4.78, 5) is 12.2. The monoisotopic (exact) mass is 361 g/mol. The fourth-order valence-electron chi connectivity index (χ4n) is 1.90. The van der Waals surface area contributed by atoms with E-state index >= 15 is 0 Å². The first-order valence-corrected chi connectivity index (χ1v) is 8.10. The van der Waals surface area contributed by atoms with Crippen molar-refractivity contribution in [2.24, 2.45) is 5.92 Å². The van der Waals surface area contributed by atoms with Gasteiger partial charge in [-0.15, -0.1) is 0 Å². The van der Waals surface area contributed by atoms with E-state index in [1.165, 1.54) is 0 Å². The fraction of sp³-hybridized carbons (Fsp3) is 0.278. The summed E-state index contributed by atoms with van der Waals surface area (Å²) >= 11 is 3.46. The second-order valence-electron chi connectivity index (χ2n) is 5.52. The molecule has 0 saturated heterocycles. The van der Waals surface area contributed by atoms with Crippen molar-refractivity contribution in [3.05, 3.63) is 64.1 Å². The first-order valence-electron chi connectivity index (χ1n) is 7.30. The fourth-order valence-corrected chi connectivity index (χ4v) is 2.39. The van der Waals surface area contributed by atoms with Gasteiger partial charge in [-0.05, 0) is 45.6 Å². The lowest BCUT2D eigenvalue weighted by molar-refractivity contribution is 0.0951. The topological polar surface area (TPSA) is 38.3 Å². The zero-order valence-corrected chi connectivity index (χ0v) is 14.4. The van der Waals surface area contributed by atoms with E-state index in [-0.39, 0.29) is 5.91 Å². The molecular formula is C18H20BrNO2. The molecule has 3 nitrogen and oxygen atoms in total. The van der Waals surface area contributed by atoms with Crippen LogP contribution < -0.4 is 10.1 Å². The maximum absolute atomic E-state index is 12.2. The van der Waals surface area contributed by atoms with Crippen molar-refractivity contribution in [3.63, 3.8) is 0 Å². The Morgan fingerprint density at radius 1 is 1.18 bits per heavy atom. The predicted molar refractivity (Wildman–Crippen MR) is 92.1 cm³/mol. The normalized spacial score (nSPS) is 10.5. The van der Waals surface area contributed by atoms with Crippen LogP contribution in [0.1, 0.15) is 29.8 Å². The van der Waals surface area contributed by atoms with Crippen LogP contribution in [0, 0.1) is 5.92 Å². The number of ether oxygens (including phenoxy) is 1. The van der Waals surface area contributed by atoms with Crippen molar-refractivity contribution in [3.8, 4) is 5.75 Å². The van der Waals surface area contributed by atoms with E-state index in [0.717, 1.165) is 15.8 Å². The molecule has 0 radical (unpaired) electrons. The quantitative estimate of drug-likeness (QED) is 0.827. The standard InChI is InChI=1S/C18H20BrNO2/c1-13(2)12-22-17-9-8-15(10-16(17)19)18(21)20-11-14-6-4-3-5-7-14/h3-10,13H,11-12H2,1-2H3,(H,20,21). The molecule has 1 N–H and O–H groups in total. The third kappa shape index (κ3) is 4.88. The van der Waals surface area contributed by atoms with Crippen LogP contribution >= 0.6 is 15.9 Å².